The number of hydrogen-bond acceptors (Lipinski definition) is 5. The largest absolute Gasteiger partial charge is 0.573 e. The Bertz CT molecular complexity index is 1630. The highest BCUT2D eigenvalue weighted by atomic mass is 19.4. The maximum atomic E-state index is 15.3. The second-order valence-electron chi connectivity index (χ2n) is 10.6. The number of aliphatic carboxylic acids is 1. The van der Waals surface area contributed by atoms with Gasteiger partial charge in [0.2, 0.25) is 0 Å². The number of ether oxygens (including phenoxy) is 1. The molecule has 11 heteroatoms. The van der Waals surface area contributed by atoms with Crippen LogP contribution in [0.2, 0.25) is 0 Å². The Labute approximate surface area is 257 Å². The summed E-state index contributed by atoms with van der Waals surface area (Å²) >= 11 is 0. The van der Waals surface area contributed by atoms with Gasteiger partial charge in [0.05, 0.1) is 12.1 Å². The third-order valence-corrected chi connectivity index (χ3v) is 6.99. The van der Waals surface area contributed by atoms with Crippen LogP contribution in [0, 0.1) is 26.6 Å². The van der Waals surface area contributed by atoms with Gasteiger partial charge in [-0.15, -0.1) is 13.2 Å². The van der Waals surface area contributed by atoms with Crippen LogP contribution in [0.4, 0.5) is 23.2 Å². The number of aryl methyl sites for hydroxylation is 3. The molecule has 0 aliphatic rings. The molecule has 4 aromatic rings. The number of nitrogens with one attached hydrogen (secondary N) is 2. The number of anilines is 1. The summed E-state index contributed by atoms with van der Waals surface area (Å²) in [5, 5.41) is 11.3. The van der Waals surface area contributed by atoms with E-state index < -0.39 is 35.9 Å². The molecule has 7 nitrogen and oxygen atoms in total. The SMILES string of the molecule is Cc1cc(C)c(-c2ccc(NOC(Cc3ccc(C(=O)NCCC(=O)O)cc3)c3ccc(OC(F)(F)F)cc3)c(F)c2)c(C)c1. The van der Waals surface area contributed by atoms with E-state index in [-0.39, 0.29) is 25.1 Å². The van der Waals surface area contributed by atoms with E-state index in [4.69, 9.17) is 9.94 Å². The standard InChI is InChI=1S/C34H32F4N2O5/c1-20-16-21(2)32(22(3)17-20)26-10-13-29(28(35)19-26)40-45-30(24-8-11-27(12-9-24)44-34(36,37)38)18-23-4-6-25(7-5-23)33(43)39-15-14-31(41)42/h4-13,16-17,19,30,40H,14-15,18H2,1-3H3,(H,39,43)(H,41,42). The molecule has 0 fully saturated rings. The number of carbonyl (C=O) groups is 2. The highest BCUT2D eigenvalue weighted by molar-refractivity contribution is 5.94. The molecule has 0 aliphatic heterocycles. The summed E-state index contributed by atoms with van der Waals surface area (Å²) in [6.07, 6.45) is -5.65. The van der Waals surface area contributed by atoms with Crippen LogP contribution >= 0.6 is 0 Å². The van der Waals surface area contributed by atoms with Crippen LogP contribution in [0.5, 0.6) is 5.75 Å². The van der Waals surface area contributed by atoms with Crippen molar-refractivity contribution in [3.05, 3.63) is 118 Å². The molecule has 0 radical (unpaired) electrons. The van der Waals surface area contributed by atoms with E-state index in [0.717, 1.165) is 34.4 Å². The first-order chi connectivity index (χ1) is 21.3. The summed E-state index contributed by atoms with van der Waals surface area (Å²) in [5.74, 6) is -2.43. The highest BCUT2D eigenvalue weighted by Crippen LogP contribution is 2.32. The number of benzene rings is 4. The van der Waals surface area contributed by atoms with Gasteiger partial charge in [-0.2, -0.15) is 0 Å². The molecule has 1 amide bonds. The van der Waals surface area contributed by atoms with Crippen molar-refractivity contribution in [2.75, 3.05) is 12.0 Å². The van der Waals surface area contributed by atoms with Crippen LogP contribution in [0.1, 0.15) is 50.7 Å². The number of carbonyl (C=O) groups excluding carboxylic acids is 1. The first-order valence-corrected chi connectivity index (χ1v) is 14.0. The van der Waals surface area contributed by atoms with Gasteiger partial charge >= 0.3 is 12.3 Å². The van der Waals surface area contributed by atoms with E-state index >= 15 is 4.39 Å². The minimum atomic E-state index is -4.85. The van der Waals surface area contributed by atoms with Crippen LogP contribution < -0.4 is 15.5 Å². The van der Waals surface area contributed by atoms with E-state index in [9.17, 15) is 22.8 Å². The van der Waals surface area contributed by atoms with Crippen LogP contribution in [0.25, 0.3) is 11.1 Å². The number of carboxylic acids is 1. The van der Waals surface area contributed by atoms with Crippen molar-refractivity contribution in [2.45, 2.75) is 46.1 Å². The Kier molecular flexibility index (Phi) is 10.5. The molecule has 0 spiro atoms. The molecule has 3 N–H and O–H groups in total. The van der Waals surface area contributed by atoms with Crippen molar-refractivity contribution in [2.24, 2.45) is 0 Å². The molecule has 45 heavy (non-hydrogen) atoms. The number of alkyl halides is 3. The molecule has 0 aromatic heterocycles. The highest BCUT2D eigenvalue weighted by Gasteiger charge is 2.31. The van der Waals surface area contributed by atoms with Gasteiger partial charge in [-0.1, -0.05) is 48.0 Å². The number of carboxylic acid groups (broad SMARTS) is 1. The van der Waals surface area contributed by atoms with Crippen LogP contribution in [-0.2, 0) is 16.1 Å². The Morgan fingerprint density at radius 2 is 1.53 bits per heavy atom. The monoisotopic (exact) mass is 624 g/mol. The molecule has 0 aliphatic carbocycles. The maximum absolute atomic E-state index is 15.3. The normalized spacial score (nSPS) is 12.0. The van der Waals surface area contributed by atoms with Crippen LogP contribution in [0.3, 0.4) is 0 Å². The van der Waals surface area contributed by atoms with E-state index in [1.54, 1.807) is 36.4 Å². The second-order valence-corrected chi connectivity index (χ2v) is 10.6. The first kappa shape index (κ1) is 33.0. The zero-order chi connectivity index (χ0) is 32.7. The topological polar surface area (TPSA) is 96.9 Å². The van der Waals surface area contributed by atoms with Gasteiger partial charge < -0.3 is 15.2 Å². The van der Waals surface area contributed by atoms with Gasteiger partial charge in [-0.05, 0) is 90.6 Å². The Morgan fingerprint density at radius 1 is 0.889 bits per heavy atom. The Morgan fingerprint density at radius 3 is 2.11 bits per heavy atom. The maximum Gasteiger partial charge on any atom is 0.573 e. The summed E-state index contributed by atoms with van der Waals surface area (Å²) in [5.41, 5.74) is 9.03. The van der Waals surface area contributed by atoms with Gasteiger partial charge in [0, 0.05) is 18.5 Å². The average Bonchev–Trinajstić information content (AvgIpc) is 2.95. The van der Waals surface area contributed by atoms with Crippen LogP contribution in [0.15, 0.2) is 78.9 Å². The summed E-state index contributed by atoms with van der Waals surface area (Å²) < 4.78 is 57.3. The molecule has 1 unspecified atom stereocenters. The van der Waals surface area contributed by atoms with Crippen LogP contribution in [-0.4, -0.2) is 29.9 Å². The third kappa shape index (κ3) is 9.29. The summed E-state index contributed by atoms with van der Waals surface area (Å²) in [6, 6.07) is 20.4. The van der Waals surface area contributed by atoms with Gasteiger partial charge in [-0.3, -0.25) is 19.9 Å². The van der Waals surface area contributed by atoms with E-state index in [1.165, 1.54) is 18.2 Å². The lowest BCUT2D eigenvalue weighted by Crippen LogP contribution is -2.25. The fourth-order valence-electron chi connectivity index (χ4n) is 5.03. The van der Waals surface area contributed by atoms with E-state index in [1.807, 2.05) is 32.9 Å². The molecule has 0 bridgehead atoms. The zero-order valence-electron chi connectivity index (χ0n) is 24.8. The number of hydrogen-bond donors (Lipinski definition) is 3. The molecule has 0 saturated carbocycles. The zero-order valence-corrected chi connectivity index (χ0v) is 24.8. The Balaban J connectivity index is 1.53. The molecule has 4 rings (SSSR count). The first-order valence-electron chi connectivity index (χ1n) is 14.0. The van der Waals surface area contributed by atoms with Crippen molar-refractivity contribution in [1.82, 2.24) is 5.32 Å². The van der Waals surface area contributed by atoms with E-state index in [0.29, 0.717) is 22.3 Å². The lowest BCUT2D eigenvalue weighted by atomic mass is 9.94. The van der Waals surface area contributed by atoms with E-state index in [2.05, 4.69) is 15.5 Å². The smallest absolute Gasteiger partial charge is 0.481 e. The predicted molar refractivity (Wildman–Crippen MR) is 161 cm³/mol. The predicted octanol–water partition coefficient (Wildman–Crippen LogP) is 7.85. The summed E-state index contributed by atoms with van der Waals surface area (Å²) in [4.78, 5) is 28.9. The third-order valence-electron chi connectivity index (χ3n) is 6.99. The van der Waals surface area contributed by atoms with Crippen molar-refractivity contribution >= 4 is 17.6 Å². The molecule has 0 saturated heterocycles. The van der Waals surface area contributed by atoms with Crippen molar-refractivity contribution < 1.29 is 41.8 Å². The van der Waals surface area contributed by atoms with Gasteiger partial charge in [0.25, 0.3) is 5.91 Å². The number of halogens is 4. The molecule has 0 heterocycles. The summed E-state index contributed by atoms with van der Waals surface area (Å²) in [7, 11) is 0. The molecule has 1 atom stereocenters. The summed E-state index contributed by atoms with van der Waals surface area (Å²) in [6.45, 7) is 5.92. The van der Waals surface area contributed by atoms with Crippen molar-refractivity contribution in [3.63, 3.8) is 0 Å². The molecule has 236 valence electrons. The van der Waals surface area contributed by atoms with Crippen molar-refractivity contribution in [3.8, 4) is 16.9 Å². The number of amides is 1. The number of rotatable bonds is 12. The Hall–Kier alpha value is -4.90. The quantitative estimate of drug-likeness (QED) is 0.110. The second kappa shape index (κ2) is 14.3. The average molecular weight is 625 g/mol. The fourth-order valence-corrected chi connectivity index (χ4v) is 5.03. The molecular formula is C34H32F4N2O5. The minimum Gasteiger partial charge on any atom is -0.481 e. The van der Waals surface area contributed by atoms with Gasteiger partial charge in [0.15, 0.2) is 0 Å². The molecule has 4 aromatic carbocycles. The van der Waals surface area contributed by atoms with Crippen molar-refractivity contribution in [1.29, 1.82) is 0 Å². The van der Waals surface area contributed by atoms with Gasteiger partial charge in [0.1, 0.15) is 17.7 Å². The minimum absolute atomic E-state index is 0.0205. The fraction of sp³-hybridized carbons (Fsp3) is 0.235. The lowest BCUT2D eigenvalue weighted by Gasteiger charge is -2.20. The van der Waals surface area contributed by atoms with Gasteiger partial charge in [-0.25, -0.2) is 4.39 Å². The molecular weight excluding hydrogens is 592 g/mol. The lowest BCUT2D eigenvalue weighted by molar-refractivity contribution is -0.274.